The quantitative estimate of drug-likeness (QED) is 0.680. The zero-order valence-corrected chi connectivity index (χ0v) is 14.4. The van der Waals surface area contributed by atoms with Gasteiger partial charge in [-0.3, -0.25) is 4.98 Å². The number of pyridine rings is 1. The Morgan fingerprint density at radius 2 is 2.05 bits per heavy atom. The molecule has 1 aromatic carbocycles. The summed E-state index contributed by atoms with van der Waals surface area (Å²) in [6, 6.07) is 9.71. The number of benzene rings is 1. The Balaban J connectivity index is 2.22. The summed E-state index contributed by atoms with van der Waals surface area (Å²) in [6.07, 6.45) is 0. The van der Waals surface area contributed by atoms with E-state index in [0.29, 0.717) is 30.6 Å². The summed E-state index contributed by atoms with van der Waals surface area (Å²) in [6.45, 7) is 4.85. The Bertz CT molecular complexity index is 619. The van der Waals surface area contributed by atoms with Crippen LogP contribution in [0.5, 0.6) is 11.5 Å². The first-order valence-corrected chi connectivity index (χ1v) is 8.03. The first-order valence-electron chi connectivity index (χ1n) is 6.70. The first kappa shape index (κ1) is 16.1. The number of aryl methyl sites for hydroxylation is 1. The van der Waals surface area contributed by atoms with Crippen molar-refractivity contribution < 1.29 is 9.47 Å². The van der Waals surface area contributed by atoms with Gasteiger partial charge < -0.3 is 9.47 Å². The molecule has 0 aliphatic carbocycles. The summed E-state index contributed by atoms with van der Waals surface area (Å²) in [5.74, 6) is 1.79. The van der Waals surface area contributed by atoms with Crippen molar-refractivity contribution >= 4 is 27.5 Å². The third kappa shape index (κ3) is 4.35. The lowest BCUT2D eigenvalue weighted by Crippen LogP contribution is -2.03. The lowest BCUT2D eigenvalue weighted by atomic mass is 10.2. The van der Waals surface area contributed by atoms with Gasteiger partial charge in [-0.25, -0.2) is 0 Å². The monoisotopic (exact) mass is 369 g/mol. The zero-order chi connectivity index (χ0) is 15.2. The van der Waals surface area contributed by atoms with E-state index in [0.717, 1.165) is 21.4 Å². The van der Waals surface area contributed by atoms with E-state index in [1.54, 1.807) is 0 Å². The maximum absolute atomic E-state index is 5.89. The minimum atomic E-state index is 0.389. The maximum Gasteiger partial charge on any atom is 0.175 e. The molecular formula is C16H17BrClNO2. The fourth-order valence-electron chi connectivity index (χ4n) is 1.93. The van der Waals surface area contributed by atoms with Crippen LogP contribution < -0.4 is 9.47 Å². The number of ether oxygens (including phenoxy) is 2. The number of alkyl halides is 1. The highest BCUT2D eigenvalue weighted by atomic mass is 79.9. The van der Waals surface area contributed by atoms with Crippen LogP contribution in [0.4, 0.5) is 0 Å². The van der Waals surface area contributed by atoms with Crippen molar-refractivity contribution in [3.63, 3.8) is 0 Å². The van der Waals surface area contributed by atoms with Gasteiger partial charge in [-0.15, -0.1) is 11.6 Å². The van der Waals surface area contributed by atoms with Crippen LogP contribution in [0.25, 0.3) is 0 Å². The molecule has 0 spiro atoms. The van der Waals surface area contributed by atoms with Gasteiger partial charge in [-0.05, 0) is 59.6 Å². The topological polar surface area (TPSA) is 31.4 Å². The van der Waals surface area contributed by atoms with Crippen LogP contribution in [0.15, 0.2) is 34.8 Å². The SMILES string of the molecule is CCOc1cc(CCl)cc(Br)c1OCc1cccc(C)n1. The van der Waals surface area contributed by atoms with E-state index < -0.39 is 0 Å². The smallest absolute Gasteiger partial charge is 0.175 e. The van der Waals surface area contributed by atoms with Crippen LogP contribution in [0.3, 0.4) is 0 Å². The fourth-order valence-corrected chi connectivity index (χ4v) is 2.69. The highest BCUT2D eigenvalue weighted by Crippen LogP contribution is 2.37. The van der Waals surface area contributed by atoms with E-state index in [1.807, 2.05) is 44.2 Å². The molecule has 112 valence electrons. The normalized spacial score (nSPS) is 10.5. The Kier molecular flexibility index (Phi) is 5.88. The average molecular weight is 371 g/mol. The second-order valence-electron chi connectivity index (χ2n) is 4.53. The van der Waals surface area contributed by atoms with E-state index in [1.165, 1.54) is 0 Å². The molecule has 0 fully saturated rings. The predicted octanol–water partition coefficient (Wildman–Crippen LogP) is 4.87. The van der Waals surface area contributed by atoms with Crippen LogP contribution >= 0.6 is 27.5 Å². The molecule has 0 aliphatic rings. The largest absolute Gasteiger partial charge is 0.490 e. The van der Waals surface area contributed by atoms with Gasteiger partial charge in [0.25, 0.3) is 0 Å². The summed E-state index contributed by atoms with van der Waals surface area (Å²) in [4.78, 5) is 4.43. The van der Waals surface area contributed by atoms with Crippen LogP contribution in [-0.4, -0.2) is 11.6 Å². The molecule has 1 heterocycles. The van der Waals surface area contributed by atoms with Gasteiger partial charge >= 0.3 is 0 Å². The van der Waals surface area contributed by atoms with E-state index in [9.17, 15) is 0 Å². The molecule has 0 saturated carbocycles. The van der Waals surface area contributed by atoms with Crippen molar-refractivity contribution in [1.82, 2.24) is 4.98 Å². The Hall–Kier alpha value is -1.26. The van der Waals surface area contributed by atoms with Crippen molar-refractivity contribution in [1.29, 1.82) is 0 Å². The zero-order valence-electron chi connectivity index (χ0n) is 12.0. The molecule has 21 heavy (non-hydrogen) atoms. The van der Waals surface area contributed by atoms with Crippen LogP contribution in [-0.2, 0) is 12.5 Å². The summed E-state index contributed by atoms with van der Waals surface area (Å²) < 4.78 is 12.4. The van der Waals surface area contributed by atoms with Crippen LogP contribution in [0, 0.1) is 6.92 Å². The van der Waals surface area contributed by atoms with Gasteiger partial charge in [-0.1, -0.05) is 6.07 Å². The third-order valence-corrected chi connectivity index (χ3v) is 3.73. The molecule has 0 radical (unpaired) electrons. The molecular weight excluding hydrogens is 354 g/mol. The molecule has 3 nitrogen and oxygen atoms in total. The fraction of sp³-hybridized carbons (Fsp3) is 0.312. The van der Waals surface area contributed by atoms with Crippen molar-refractivity contribution in [3.8, 4) is 11.5 Å². The summed E-state index contributed by atoms with van der Waals surface area (Å²) in [7, 11) is 0. The predicted molar refractivity (Wildman–Crippen MR) is 88.2 cm³/mol. The van der Waals surface area contributed by atoms with Crippen molar-refractivity contribution in [2.24, 2.45) is 0 Å². The average Bonchev–Trinajstić information content (AvgIpc) is 2.46. The number of aromatic nitrogens is 1. The summed E-state index contributed by atoms with van der Waals surface area (Å²) >= 11 is 9.40. The number of hydrogen-bond acceptors (Lipinski definition) is 3. The van der Waals surface area contributed by atoms with Crippen LogP contribution in [0.1, 0.15) is 23.9 Å². The highest BCUT2D eigenvalue weighted by molar-refractivity contribution is 9.10. The highest BCUT2D eigenvalue weighted by Gasteiger charge is 2.12. The minimum Gasteiger partial charge on any atom is -0.490 e. The Labute approximate surface area is 138 Å². The van der Waals surface area contributed by atoms with Crippen molar-refractivity contribution in [3.05, 3.63) is 51.8 Å². The van der Waals surface area contributed by atoms with Gasteiger partial charge in [-0.2, -0.15) is 0 Å². The third-order valence-electron chi connectivity index (χ3n) is 2.83. The second-order valence-corrected chi connectivity index (χ2v) is 5.65. The number of rotatable bonds is 6. The van der Waals surface area contributed by atoms with Crippen LogP contribution in [0.2, 0.25) is 0 Å². The first-order chi connectivity index (χ1) is 10.1. The Morgan fingerprint density at radius 3 is 2.71 bits per heavy atom. The molecule has 0 atom stereocenters. The van der Waals surface area contributed by atoms with E-state index in [-0.39, 0.29) is 0 Å². The molecule has 0 unspecified atom stereocenters. The molecule has 2 aromatic rings. The molecule has 5 heteroatoms. The maximum atomic E-state index is 5.89. The molecule has 0 amide bonds. The molecule has 2 rings (SSSR count). The number of hydrogen-bond donors (Lipinski definition) is 0. The van der Waals surface area contributed by atoms with E-state index >= 15 is 0 Å². The van der Waals surface area contributed by atoms with Crippen molar-refractivity contribution in [2.45, 2.75) is 26.3 Å². The van der Waals surface area contributed by atoms with Crippen molar-refractivity contribution in [2.75, 3.05) is 6.61 Å². The van der Waals surface area contributed by atoms with Gasteiger partial charge in [0, 0.05) is 11.6 Å². The molecule has 0 aliphatic heterocycles. The minimum absolute atomic E-state index is 0.389. The summed E-state index contributed by atoms with van der Waals surface area (Å²) in [5.41, 5.74) is 2.83. The van der Waals surface area contributed by atoms with Gasteiger partial charge in [0.15, 0.2) is 11.5 Å². The molecule has 0 bridgehead atoms. The van der Waals surface area contributed by atoms with Gasteiger partial charge in [0.1, 0.15) is 6.61 Å². The lowest BCUT2D eigenvalue weighted by molar-refractivity contribution is 0.264. The van der Waals surface area contributed by atoms with E-state index in [4.69, 9.17) is 21.1 Å². The van der Waals surface area contributed by atoms with Gasteiger partial charge in [0.2, 0.25) is 0 Å². The standard InChI is InChI=1S/C16H17BrClNO2/c1-3-20-15-8-12(9-18)7-14(17)16(15)21-10-13-6-4-5-11(2)19-13/h4-8H,3,9-10H2,1-2H3. The molecule has 0 saturated heterocycles. The van der Waals surface area contributed by atoms with Gasteiger partial charge in [0.05, 0.1) is 16.8 Å². The lowest BCUT2D eigenvalue weighted by Gasteiger charge is -2.15. The summed E-state index contributed by atoms with van der Waals surface area (Å²) in [5, 5.41) is 0. The second kappa shape index (κ2) is 7.66. The van der Waals surface area contributed by atoms with E-state index in [2.05, 4.69) is 20.9 Å². The molecule has 0 N–H and O–H groups in total. The number of halogens is 2. The molecule has 1 aromatic heterocycles. The number of nitrogens with zero attached hydrogens (tertiary/aromatic N) is 1. The Morgan fingerprint density at radius 1 is 1.24 bits per heavy atom.